The highest BCUT2D eigenvalue weighted by molar-refractivity contribution is 7.90. The lowest BCUT2D eigenvalue weighted by Gasteiger charge is -1.81. The Balaban J connectivity index is 0.000000810. The maximum Gasteiger partial charge on any atom is 0.287 e. The van der Waals surface area contributed by atoms with Crippen LogP contribution in [0.4, 0.5) is 0 Å². The number of tetrazole rings is 1. The summed E-state index contributed by atoms with van der Waals surface area (Å²) in [6.45, 7) is 0. The van der Waals surface area contributed by atoms with Gasteiger partial charge < -0.3 is 0 Å². The number of aromatic nitrogens is 4. The Hall–Kier alpha value is -0.690. The second-order valence-electron chi connectivity index (χ2n) is 1.47. The molecule has 1 N–H and O–H groups in total. The molecule has 0 amide bonds. The van der Waals surface area contributed by atoms with E-state index < -0.39 is 9.84 Å². The van der Waals surface area contributed by atoms with Crippen molar-refractivity contribution in [3.8, 4) is 0 Å². The van der Waals surface area contributed by atoms with Crippen LogP contribution >= 0.6 is 12.4 Å². The highest BCUT2D eigenvalue weighted by atomic mass is 35.5. The van der Waals surface area contributed by atoms with Crippen LogP contribution in [0, 0.1) is 0 Å². The van der Waals surface area contributed by atoms with Gasteiger partial charge in [0.2, 0.25) is 9.84 Å². The molecule has 6 nitrogen and oxygen atoms in total. The van der Waals surface area contributed by atoms with E-state index in [0.29, 0.717) is 0 Å². The molecule has 0 fully saturated rings. The van der Waals surface area contributed by atoms with Gasteiger partial charge in [-0.25, -0.2) is 8.42 Å². The number of sulfone groups is 1. The SMILES string of the molecule is CS(=O)(=O)c1nn[nH]n1.Cl. The Kier molecular flexibility index (Phi) is 2.73. The molecule has 0 aromatic carbocycles. The molecule has 1 heterocycles. The van der Waals surface area contributed by atoms with Crippen molar-refractivity contribution < 1.29 is 8.42 Å². The highest BCUT2D eigenvalue weighted by Crippen LogP contribution is 1.93. The van der Waals surface area contributed by atoms with E-state index in [1.54, 1.807) is 0 Å². The monoisotopic (exact) mass is 184 g/mol. The van der Waals surface area contributed by atoms with Gasteiger partial charge in [-0.15, -0.1) is 17.5 Å². The number of rotatable bonds is 1. The number of nitrogens with one attached hydrogen (secondary N) is 1. The first kappa shape index (κ1) is 9.31. The van der Waals surface area contributed by atoms with Crippen LogP contribution in [0.5, 0.6) is 0 Å². The molecule has 0 aliphatic carbocycles. The van der Waals surface area contributed by atoms with E-state index in [2.05, 4.69) is 15.4 Å². The molecule has 0 spiro atoms. The molecule has 0 saturated carbocycles. The van der Waals surface area contributed by atoms with E-state index in [4.69, 9.17) is 0 Å². The molecule has 0 bridgehead atoms. The van der Waals surface area contributed by atoms with Crippen LogP contribution < -0.4 is 0 Å². The zero-order valence-electron chi connectivity index (χ0n) is 4.97. The normalized spacial score (nSPS) is 10.5. The predicted octanol–water partition coefficient (Wildman–Crippen LogP) is -0.975. The van der Waals surface area contributed by atoms with Gasteiger partial charge in [-0.1, -0.05) is 5.10 Å². The van der Waals surface area contributed by atoms with E-state index in [0.717, 1.165) is 6.26 Å². The number of aromatic amines is 1. The summed E-state index contributed by atoms with van der Waals surface area (Å²) in [7, 11) is -3.28. The molecule has 0 saturated heterocycles. The average molecular weight is 185 g/mol. The fourth-order valence-electron chi connectivity index (χ4n) is 0.310. The molecule has 0 radical (unpaired) electrons. The summed E-state index contributed by atoms with van der Waals surface area (Å²) in [6.07, 6.45) is 1.01. The van der Waals surface area contributed by atoms with Crippen LogP contribution in [0.1, 0.15) is 0 Å². The third kappa shape index (κ3) is 1.92. The Bertz CT molecular complexity index is 278. The lowest BCUT2D eigenvalue weighted by Crippen LogP contribution is -1.99. The molecule has 0 aliphatic rings. The van der Waals surface area contributed by atoms with Crippen molar-refractivity contribution >= 4 is 22.2 Å². The number of halogens is 1. The summed E-state index contributed by atoms with van der Waals surface area (Å²) in [5.41, 5.74) is 0. The van der Waals surface area contributed by atoms with Crippen LogP contribution in [0.3, 0.4) is 0 Å². The zero-order chi connectivity index (χ0) is 6.91. The van der Waals surface area contributed by atoms with E-state index in [-0.39, 0.29) is 17.6 Å². The second-order valence-corrected chi connectivity index (χ2v) is 3.38. The Morgan fingerprint density at radius 1 is 1.50 bits per heavy atom. The average Bonchev–Trinajstić information content (AvgIpc) is 2.08. The summed E-state index contributed by atoms with van der Waals surface area (Å²) in [5, 5.41) is 11.3. The molecule has 1 rings (SSSR count). The second kappa shape index (κ2) is 2.93. The molecule has 1 aromatic rings. The van der Waals surface area contributed by atoms with Crippen molar-refractivity contribution in [2.24, 2.45) is 0 Å². The van der Waals surface area contributed by atoms with E-state index in [1.165, 1.54) is 0 Å². The fourth-order valence-corrected chi connectivity index (χ4v) is 0.705. The van der Waals surface area contributed by atoms with Gasteiger partial charge in [0.25, 0.3) is 5.16 Å². The summed E-state index contributed by atoms with van der Waals surface area (Å²) < 4.78 is 21.0. The van der Waals surface area contributed by atoms with Gasteiger partial charge in [-0.2, -0.15) is 5.21 Å². The van der Waals surface area contributed by atoms with Crippen molar-refractivity contribution in [1.29, 1.82) is 0 Å². The van der Waals surface area contributed by atoms with Gasteiger partial charge in [0.1, 0.15) is 0 Å². The number of H-pyrrole nitrogens is 1. The van der Waals surface area contributed by atoms with Crippen molar-refractivity contribution in [3.05, 3.63) is 0 Å². The standard InChI is InChI=1S/C2H4N4O2S.ClH/c1-9(7,8)2-3-5-6-4-2;/h1H3,(H,3,4,5,6);1H. The van der Waals surface area contributed by atoms with Gasteiger partial charge in [0.15, 0.2) is 0 Å². The van der Waals surface area contributed by atoms with E-state index in [9.17, 15) is 8.42 Å². The maximum atomic E-state index is 10.5. The zero-order valence-corrected chi connectivity index (χ0v) is 6.61. The summed E-state index contributed by atoms with van der Waals surface area (Å²) in [6, 6.07) is 0. The molecule has 0 atom stereocenters. The largest absolute Gasteiger partial charge is 0.287 e. The minimum atomic E-state index is -3.28. The minimum Gasteiger partial charge on any atom is -0.221 e. The predicted molar refractivity (Wildman–Crippen MR) is 34.5 cm³/mol. The summed E-state index contributed by atoms with van der Waals surface area (Å²) >= 11 is 0. The Morgan fingerprint density at radius 2 is 2.10 bits per heavy atom. The maximum absolute atomic E-state index is 10.5. The summed E-state index contributed by atoms with van der Waals surface area (Å²) in [5.74, 6) is 0. The fraction of sp³-hybridized carbons (Fsp3) is 0.500. The van der Waals surface area contributed by atoms with Crippen LogP contribution in [0.2, 0.25) is 0 Å². The molecule has 58 valence electrons. The molecule has 0 unspecified atom stereocenters. The first-order chi connectivity index (χ1) is 4.11. The number of nitrogens with zero attached hydrogens (tertiary/aromatic N) is 3. The van der Waals surface area contributed by atoms with Crippen molar-refractivity contribution in [2.45, 2.75) is 5.16 Å². The topological polar surface area (TPSA) is 88.6 Å². The molecule has 8 heteroatoms. The first-order valence-corrected chi connectivity index (χ1v) is 3.93. The molecule has 1 aromatic heterocycles. The van der Waals surface area contributed by atoms with Crippen molar-refractivity contribution in [3.63, 3.8) is 0 Å². The van der Waals surface area contributed by atoms with Crippen LogP contribution in [0.15, 0.2) is 5.16 Å². The molecule has 10 heavy (non-hydrogen) atoms. The minimum absolute atomic E-state index is 0. The quantitative estimate of drug-likeness (QED) is 0.607. The smallest absolute Gasteiger partial charge is 0.221 e. The Morgan fingerprint density at radius 3 is 2.30 bits per heavy atom. The lowest BCUT2D eigenvalue weighted by atomic mass is 11.4. The molecular formula is C2H5ClN4O2S. The van der Waals surface area contributed by atoms with E-state index in [1.807, 2.05) is 5.21 Å². The summed E-state index contributed by atoms with van der Waals surface area (Å²) in [4.78, 5) is 0. The van der Waals surface area contributed by atoms with Crippen LogP contribution in [-0.2, 0) is 9.84 Å². The van der Waals surface area contributed by atoms with Gasteiger partial charge >= 0.3 is 0 Å². The number of hydrogen-bond donors (Lipinski definition) is 1. The lowest BCUT2D eigenvalue weighted by molar-refractivity contribution is 0.593. The molecule has 0 aliphatic heterocycles. The van der Waals surface area contributed by atoms with Crippen molar-refractivity contribution in [1.82, 2.24) is 20.6 Å². The first-order valence-electron chi connectivity index (χ1n) is 2.04. The van der Waals surface area contributed by atoms with Crippen molar-refractivity contribution in [2.75, 3.05) is 6.26 Å². The van der Waals surface area contributed by atoms with Gasteiger partial charge in [-0.3, -0.25) is 0 Å². The number of hydrogen-bond acceptors (Lipinski definition) is 5. The Labute approximate surface area is 63.3 Å². The van der Waals surface area contributed by atoms with Gasteiger partial charge in [0, 0.05) is 6.26 Å². The third-order valence-electron chi connectivity index (χ3n) is 0.658. The van der Waals surface area contributed by atoms with Gasteiger partial charge in [0.05, 0.1) is 0 Å². The highest BCUT2D eigenvalue weighted by Gasteiger charge is 2.10. The van der Waals surface area contributed by atoms with Crippen LogP contribution in [0.25, 0.3) is 0 Å². The van der Waals surface area contributed by atoms with Gasteiger partial charge in [-0.05, 0) is 5.21 Å². The van der Waals surface area contributed by atoms with Crippen LogP contribution in [-0.4, -0.2) is 35.3 Å². The van der Waals surface area contributed by atoms with E-state index >= 15 is 0 Å². The third-order valence-corrected chi connectivity index (χ3v) is 1.49. The molecular weight excluding hydrogens is 180 g/mol.